The molecule has 1 unspecified atom stereocenters. The third kappa shape index (κ3) is 6.58. The number of nitrogens with zero attached hydrogens (tertiary/aromatic N) is 2. The van der Waals surface area contributed by atoms with Crippen LogP contribution in [0.4, 0.5) is 0 Å². The summed E-state index contributed by atoms with van der Waals surface area (Å²) >= 11 is 0. The molecule has 1 atom stereocenters. The van der Waals surface area contributed by atoms with Crippen molar-refractivity contribution in [2.24, 2.45) is 5.92 Å². The Labute approximate surface area is 73.4 Å². The average Bonchev–Trinajstić information content (AvgIpc) is 2.09. The van der Waals surface area contributed by atoms with Gasteiger partial charge in [0.25, 0.3) is 0 Å². The Morgan fingerprint density at radius 1 is 1.25 bits per heavy atom. The molecule has 0 aliphatic rings. The van der Waals surface area contributed by atoms with Crippen LogP contribution in [-0.4, -0.2) is 0 Å². The van der Waals surface area contributed by atoms with Crippen molar-refractivity contribution in [3.8, 4) is 12.1 Å². The molecule has 0 aromatic carbocycles. The quantitative estimate of drug-likeness (QED) is 0.593. The molecule has 0 saturated carbocycles. The monoisotopic (exact) mass is 160 g/mol. The van der Waals surface area contributed by atoms with E-state index in [-0.39, 0.29) is 0 Å². The van der Waals surface area contributed by atoms with Crippen LogP contribution in [0.5, 0.6) is 0 Å². The summed E-state index contributed by atoms with van der Waals surface area (Å²) in [6.07, 6.45) is 8.58. The molecule has 0 saturated heterocycles. The van der Waals surface area contributed by atoms with Crippen LogP contribution in [0.2, 0.25) is 0 Å². The van der Waals surface area contributed by atoms with Gasteiger partial charge in [-0.15, -0.1) is 0 Å². The molecule has 62 valence electrons. The second kappa shape index (κ2) is 7.57. The molecule has 0 aliphatic heterocycles. The largest absolute Gasteiger partial charge is 0.193 e. The van der Waals surface area contributed by atoms with Crippen molar-refractivity contribution in [3.05, 3.63) is 24.3 Å². The Morgan fingerprint density at radius 2 is 1.92 bits per heavy atom. The molecule has 0 fully saturated rings. The molecule has 0 radical (unpaired) electrons. The van der Waals surface area contributed by atoms with Crippen LogP contribution < -0.4 is 0 Å². The van der Waals surface area contributed by atoms with Crippen LogP contribution in [0.3, 0.4) is 0 Å². The van der Waals surface area contributed by atoms with E-state index in [1.807, 2.05) is 31.2 Å². The number of hydrogen-bond acceptors (Lipinski definition) is 2. The molecule has 0 heterocycles. The van der Waals surface area contributed by atoms with Crippen LogP contribution in [0.15, 0.2) is 24.3 Å². The molecular formula is C10H12N2. The SMILES string of the molecule is CC(C=CC#N)CC/C=C\C#N. The second-order valence-corrected chi connectivity index (χ2v) is 2.57. The fraction of sp³-hybridized carbons (Fsp3) is 0.400. The maximum Gasteiger partial charge on any atom is 0.0908 e. The van der Waals surface area contributed by atoms with Crippen LogP contribution in [0.25, 0.3) is 0 Å². The third-order valence-electron chi connectivity index (χ3n) is 1.48. The van der Waals surface area contributed by atoms with Crippen LogP contribution >= 0.6 is 0 Å². The van der Waals surface area contributed by atoms with Crippen molar-refractivity contribution < 1.29 is 0 Å². The number of nitriles is 2. The summed E-state index contributed by atoms with van der Waals surface area (Å²) in [5.41, 5.74) is 0. The standard InChI is InChI=1S/C10H12N2/c1-10(7-5-9-12)6-3-2-4-8-11/h2,4-5,7,10H,3,6H2,1H3/b4-2-,7-5?. The molecule has 2 nitrogen and oxygen atoms in total. The predicted molar refractivity (Wildman–Crippen MR) is 47.9 cm³/mol. The van der Waals surface area contributed by atoms with Gasteiger partial charge in [0.1, 0.15) is 0 Å². The molecule has 0 bridgehead atoms. The molecule has 0 aromatic heterocycles. The molecule has 0 amide bonds. The van der Waals surface area contributed by atoms with Gasteiger partial charge in [0, 0.05) is 12.2 Å². The van der Waals surface area contributed by atoms with E-state index in [1.54, 1.807) is 0 Å². The molecular weight excluding hydrogens is 148 g/mol. The van der Waals surface area contributed by atoms with Gasteiger partial charge in [-0.05, 0) is 18.8 Å². The highest BCUT2D eigenvalue weighted by molar-refractivity contribution is 5.04. The number of hydrogen-bond donors (Lipinski definition) is 0. The van der Waals surface area contributed by atoms with Crippen molar-refractivity contribution >= 4 is 0 Å². The van der Waals surface area contributed by atoms with Gasteiger partial charge in [-0.25, -0.2) is 0 Å². The highest BCUT2D eigenvalue weighted by atomic mass is 14.2. The fourth-order valence-electron chi connectivity index (χ4n) is 0.799. The first-order valence-corrected chi connectivity index (χ1v) is 3.92. The van der Waals surface area contributed by atoms with Crippen molar-refractivity contribution in [3.63, 3.8) is 0 Å². The van der Waals surface area contributed by atoms with E-state index >= 15 is 0 Å². The van der Waals surface area contributed by atoms with Gasteiger partial charge >= 0.3 is 0 Å². The highest BCUT2D eigenvalue weighted by Gasteiger charge is 1.93. The predicted octanol–water partition coefficient (Wildman–Crippen LogP) is 2.56. The van der Waals surface area contributed by atoms with E-state index in [4.69, 9.17) is 10.5 Å². The molecule has 0 N–H and O–H groups in total. The zero-order valence-electron chi connectivity index (χ0n) is 7.20. The third-order valence-corrected chi connectivity index (χ3v) is 1.48. The van der Waals surface area contributed by atoms with Gasteiger partial charge in [0.2, 0.25) is 0 Å². The minimum absolute atomic E-state index is 0.410. The minimum Gasteiger partial charge on any atom is -0.193 e. The van der Waals surface area contributed by atoms with Crippen molar-refractivity contribution in [2.75, 3.05) is 0 Å². The lowest BCUT2D eigenvalue weighted by atomic mass is 10.1. The fourth-order valence-corrected chi connectivity index (χ4v) is 0.799. The Bertz CT molecular complexity index is 238. The van der Waals surface area contributed by atoms with Crippen LogP contribution in [0.1, 0.15) is 19.8 Å². The van der Waals surface area contributed by atoms with E-state index in [0.717, 1.165) is 12.8 Å². The molecule has 0 aliphatic carbocycles. The van der Waals surface area contributed by atoms with Gasteiger partial charge in [-0.1, -0.05) is 19.1 Å². The van der Waals surface area contributed by atoms with E-state index in [9.17, 15) is 0 Å². The number of rotatable bonds is 4. The van der Waals surface area contributed by atoms with Crippen molar-refractivity contribution in [1.82, 2.24) is 0 Å². The Kier molecular flexibility index (Phi) is 6.59. The van der Waals surface area contributed by atoms with Gasteiger partial charge in [0.05, 0.1) is 12.1 Å². The van der Waals surface area contributed by atoms with Crippen molar-refractivity contribution in [2.45, 2.75) is 19.8 Å². The lowest BCUT2D eigenvalue weighted by molar-refractivity contribution is 0.658. The maximum atomic E-state index is 8.23. The second-order valence-electron chi connectivity index (χ2n) is 2.57. The Hall–Kier alpha value is -1.54. The first-order chi connectivity index (χ1) is 5.81. The van der Waals surface area contributed by atoms with Crippen molar-refractivity contribution in [1.29, 1.82) is 10.5 Å². The van der Waals surface area contributed by atoms with E-state index in [1.165, 1.54) is 12.2 Å². The van der Waals surface area contributed by atoms with Crippen LogP contribution in [0, 0.1) is 28.6 Å². The Balaban J connectivity index is 3.53. The zero-order chi connectivity index (χ0) is 9.23. The summed E-state index contributed by atoms with van der Waals surface area (Å²) < 4.78 is 0. The van der Waals surface area contributed by atoms with Crippen LogP contribution in [-0.2, 0) is 0 Å². The topological polar surface area (TPSA) is 47.6 Å². The normalized spacial score (nSPS) is 12.9. The molecule has 0 rings (SSSR count). The van der Waals surface area contributed by atoms with E-state index in [2.05, 4.69) is 0 Å². The van der Waals surface area contributed by atoms with E-state index < -0.39 is 0 Å². The summed E-state index contributed by atoms with van der Waals surface area (Å²) in [5.74, 6) is 0.410. The van der Waals surface area contributed by atoms with Gasteiger partial charge in [-0.2, -0.15) is 10.5 Å². The first-order valence-electron chi connectivity index (χ1n) is 3.92. The first kappa shape index (κ1) is 10.5. The minimum atomic E-state index is 0.410. The van der Waals surface area contributed by atoms with Gasteiger partial charge in [0.15, 0.2) is 0 Å². The maximum absolute atomic E-state index is 8.23. The van der Waals surface area contributed by atoms with Gasteiger partial charge < -0.3 is 0 Å². The molecule has 0 aromatic rings. The van der Waals surface area contributed by atoms with Gasteiger partial charge in [-0.3, -0.25) is 0 Å². The molecule has 12 heavy (non-hydrogen) atoms. The van der Waals surface area contributed by atoms with E-state index in [0.29, 0.717) is 5.92 Å². The summed E-state index contributed by atoms with van der Waals surface area (Å²) in [6.45, 7) is 2.05. The molecule has 2 heteroatoms. The molecule has 0 spiro atoms. The Morgan fingerprint density at radius 3 is 2.50 bits per heavy atom. The lowest BCUT2D eigenvalue weighted by Gasteiger charge is -2.00. The number of allylic oxidation sites excluding steroid dienone is 4. The summed E-state index contributed by atoms with van der Waals surface area (Å²) in [7, 11) is 0. The average molecular weight is 160 g/mol. The summed E-state index contributed by atoms with van der Waals surface area (Å²) in [5, 5.41) is 16.4. The summed E-state index contributed by atoms with van der Waals surface area (Å²) in [6, 6.07) is 3.88. The smallest absolute Gasteiger partial charge is 0.0908 e. The summed E-state index contributed by atoms with van der Waals surface area (Å²) in [4.78, 5) is 0. The lowest BCUT2D eigenvalue weighted by Crippen LogP contribution is -1.86. The highest BCUT2D eigenvalue weighted by Crippen LogP contribution is 2.06. The zero-order valence-corrected chi connectivity index (χ0v) is 7.20.